The number of rotatable bonds is 8. The molecule has 3 amide bonds. The molecule has 7 heteroatoms. The van der Waals surface area contributed by atoms with Crippen molar-refractivity contribution in [2.75, 3.05) is 11.9 Å². The predicted octanol–water partition coefficient (Wildman–Crippen LogP) is 3.59. The molecule has 0 atom stereocenters. The topological polar surface area (TPSA) is 88.0 Å². The van der Waals surface area contributed by atoms with Crippen LogP contribution in [0.25, 0.3) is 0 Å². The maximum absolute atomic E-state index is 12.3. The summed E-state index contributed by atoms with van der Waals surface area (Å²) in [5.41, 5.74) is 1.98. The van der Waals surface area contributed by atoms with E-state index in [0.29, 0.717) is 37.8 Å². The molecule has 0 saturated heterocycles. The fraction of sp³-hybridized carbons (Fsp3) is 0.500. The maximum atomic E-state index is 12.3. The molecule has 0 radical (unpaired) electrons. The van der Waals surface area contributed by atoms with Crippen LogP contribution in [0.1, 0.15) is 56.2 Å². The van der Waals surface area contributed by atoms with Crippen LogP contribution in [0.5, 0.6) is 0 Å². The Hall–Kier alpha value is -2.83. The number of nitrogens with one attached hydrogen (secondary N) is 3. The average molecular weight is 398 g/mol. The molecule has 3 rings (SSSR count). The lowest BCUT2D eigenvalue weighted by atomic mass is 9.96. The van der Waals surface area contributed by atoms with Gasteiger partial charge in [-0.05, 0) is 31.7 Å². The molecule has 3 N–H and O–H groups in total. The Kier molecular flexibility index (Phi) is 7.67. The second-order valence-corrected chi connectivity index (χ2v) is 7.70. The highest BCUT2D eigenvalue weighted by Gasteiger charge is 2.15. The van der Waals surface area contributed by atoms with Crippen LogP contribution >= 0.6 is 0 Å². The zero-order chi connectivity index (χ0) is 20.5. The van der Waals surface area contributed by atoms with Gasteiger partial charge in [0, 0.05) is 25.1 Å². The Morgan fingerprint density at radius 2 is 1.90 bits per heavy atom. The van der Waals surface area contributed by atoms with Crippen molar-refractivity contribution in [1.29, 1.82) is 0 Å². The first-order valence-corrected chi connectivity index (χ1v) is 10.5. The van der Waals surface area contributed by atoms with Crippen LogP contribution in [-0.4, -0.2) is 34.3 Å². The van der Waals surface area contributed by atoms with Crippen molar-refractivity contribution < 1.29 is 9.59 Å². The number of anilines is 1. The van der Waals surface area contributed by atoms with Crippen molar-refractivity contribution in [3.8, 4) is 0 Å². The SMILES string of the molecule is Cc1cc(NC(=O)CCCNC(=O)NC2CCCCC2)n(Cc2ccccc2)n1. The lowest BCUT2D eigenvalue weighted by Gasteiger charge is -2.22. The second kappa shape index (κ2) is 10.6. The van der Waals surface area contributed by atoms with Gasteiger partial charge in [0.1, 0.15) is 5.82 Å². The largest absolute Gasteiger partial charge is 0.338 e. The van der Waals surface area contributed by atoms with Gasteiger partial charge in [-0.3, -0.25) is 4.79 Å². The number of hydrogen-bond acceptors (Lipinski definition) is 3. The number of carbonyl (C=O) groups is 2. The summed E-state index contributed by atoms with van der Waals surface area (Å²) >= 11 is 0. The second-order valence-electron chi connectivity index (χ2n) is 7.70. The summed E-state index contributed by atoms with van der Waals surface area (Å²) in [6, 6.07) is 12.1. The molecular formula is C22H31N5O2. The van der Waals surface area contributed by atoms with Gasteiger partial charge in [0.2, 0.25) is 5.91 Å². The smallest absolute Gasteiger partial charge is 0.315 e. The zero-order valence-electron chi connectivity index (χ0n) is 17.1. The van der Waals surface area contributed by atoms with Gasteiger partial charge in [0.05, 0.1) is 12.2 Å². The van der Waals surface area contributed by atoms with Crippen LogP contribution in [0.15, 0.2) is 36.4 Å². The van der Waals surface area contributed by atoms with Crippen LogP contribution < -0.4 is 16.0 Å². The van der Waals surface area contributed by atoms with Gasteiger partial charge >= 0.3 is 6.03 Å². The molecule has 1 aliphatic carbocycles. The molecule has 1 saturated carbocycles. The molecule has 1 fully saturated rings. The minimum absolute atomic E-state index is 0.0753. The van der Waals surface area contributed by atoms with Crippen LogP contribution in [-0.2, 0) is 11.3 Å². The lowest BCUT2D eigenvalue weighted by molar-refractivity contribution is -0.116. The van der Waals surface area contributed by atoms with Crippen molar-refractivity contribution in [2.24, 2.45) is 0 Å². The number of aromatic nitrogens is 2. The van der Waals surface area contributed by atoms with E-state index in [1.807, 2.05) is 43.3 Å². The monoisotopic (exact) mass is 397 g/mol. The molecule has 2 aromatic rings. The van der Waals surface area contributed by atoms with Crippen LogP contribution in [0, 0.1) is 6.92 Å². The highest BCUT2D eigenvalue weighted by Crippen LogP contribution is 2.17. The summed E-state index contributed by atoms with van der Waals surface area (Å²) in [4.78, 5) is 24.2. The number of aryl methyl sites for hydroxylation is 1. The number of benzene rings is 1. The van der Waals surface area contributed by atoms with Crippen LogP contribution in [0.4, 0.5) is 10.6 Å². The van der Waals surface area contributed by atoms with Gasteiger partial charge in [0.15, 0.2) is 0 Å². The molecule has 1 aromatic heterocycles. The van der Waals surface area contributed by atoms with Gasteiger partial charge in [-0.2, -0.15) is 5.10 Å². The lowest BCUT2D eigenvalue weighted by Crippen LogP contribution is -2.43. The number of urea groups is 1. The molecule has 1 heterocycles. The van der Waals surface area contributed by atoms with Gasteiger partial charge in [-0.25, -0.2) is 9.48 Å². The maximum Gasteiger partial charge on any atom is 0.315 e. The molecule has 7 nitrogen and oxygen atoms in total. The van der Waals surface area contributed by atoms with Gasteiger partial charge in [-0.1, -0.05) is 49.6 Å². The minimum atomic E-state index is -0.131. The average Bonchev–Trinajstić information content (AvgIpc) is 3.05. The summed E-state index contributed by atoms with van der Waals surface area (Å²) in [6.07, 6.45) is 6.70. The summed E-state index contributed by atoms with van der Waals surface area (Å²) < 4.78 is 1.80. The number of amides is 3. The van der Waals surface area contributed by atoms with E-state index in [2.05, 4.69) is 21.0 Å². The molecule has 0 unspecified atom stereocenters. The summed E-state index contributed by atoms with van der Waals surface area (Å²) in [6.45, 7) is 2.99. The first kappa shape index (κ1) is 20.9. The van der Waals surface area contributed by atoms with Crippen LogP contribution in [0.2, 0.25) is 0 Å². The van der Waals surface area contributed by atoms with E-state index in [4.69, 9.17) is 0 Å². The summed E-state index contributed by atoms with van der Waals surface area (Å²) in [5.74, 6) is 0.619. The van der Waals surface area contributed by atoms with Gasteiger partial charge in [-0.15, -0.1) is 0 Å². The van der Waals surface area contributed by atoms with Crippen molar-refractivity contribution in [2.45, 2.75) is 64.5 Å². The van der Waals surface area contributed by atoms with E-state index in [0.717, 1.165) is 24.1 Å². The van der Waals surface area contributed by atoms with Crippen molar-refractivity contribution in [1.82, 2.24) is 20.4 Å². The van der Waals surface area contributed by atoms with Crippen molar-refractivity contribution >= 4 is 17.8 Å². The van der Waals surface area contributed by atoms with E-state index in [-0.39, 0.29) is 11.9 Å². The highest BCUT2D eigenvalue weighted by atomic mass is 16.2. The van der Waals surface area contributed by atoms with Crippen molar-refractivity contribution in [3.63, 3.8) is 0 Å². The standard InChI is InChI=1S/C22H31N5O2/c1-17-15-20(27(26-17)16-18-9-4-2-5-10-18)25-21(28)13-8-14-23-22(29)24-19-11-6-3-7-12-19/h2,4-5,9-10,15,19H,3,6-8,11-14,16H2,1H3,(H,25,28)(H2,23,24,29). The van der Waals surface area contributed by atoms with E-state index in [1.165, 1.54) is 19.3 Å². The molecule has 1 aliphatic rings. The van der Waals surface area contributed by atoms with Crippen molar-refractivity contribution in [3.05, 3.63) is 47.7 Å². The Morgan fingerprint density at radius 1 is 1.14 bits per heavy atom. The van der Waals surface area contributed by atoms with E-state index >= 15 is 0 Å². The Bertz CT molecular complexity index is 797. The molecule has 156 valence electrons. The van der Waals surface area contributed by atoms with Crippen LogP contribution in [0.3, 0.4) is 0 Å². The van der Waals surface area contributed by atoms with E-state index < -0.39 is 0 Å². The van der Waals surface area contributed by atoms with E-state index in [1.54, 1.807) is 4.68 Å². The zero-order valence-corrected chi connectivity index (χ0v) is 17.1. The number of nitrogens with zero attached hydrogens (tertiary/aromatic N) is 2. The Morgan fingerprint density at radius 3 is 2.66 bits per heavy atom. The summed E-state index contributed by atoms with van der Waals surface area (Å²) in [7, 11) is 0. The normalized spacial score (nSPS) is 14.4. The fourth-order valence-corrected chi connectivity index (χ4v) is 3.66. The molecular weight excluding hydrogens is 366 g/mol. The Labute approximate surface area is 172 Å². The molecule has 0 spiro atoms. The molecule has 1 aromatic carbocycles. The molecule has 29 heavy (non-hydrogen) atoms. The first-order chi connectivity index (χ1) is 14.1. The Balaban J connectivity index is 1.39. The number of carbonyl (C=O) groups excluding carboxylic acids is 2. The third kappa shape index (κ3) is 6.93. The summed E-state index contributed by atoms with van der Waals surface area (Å²) in [5, 5.41) is 13.3. The molecule has 0 aliphatic heterocycles. The molecule has 0 bridgehead atoms. The van der Waals surface area contributed by atoms with Gasteiger partial charge < -0.3 is 16.0 Å². The fourth-order valence-electron chi connectivity index (χ4n) is 3.66. The third-order valence-corrected chi connectivity index (χ3v) is 5.15. The third-order valence-electron chi connectivity index (χ3n) is 5.15. The number of hydrogen-bond donors (Lipinski definition) is 3. The first-order valence-electron chi connectivity index (χ1n) is 10.5. The minimum Gasteiger partial charge on any atom is -0.338 e. The highest BCUT2D eigenvalue weighted by molar-refractivity contribution is 5.89. The predicted molar refractivity (Wildman–Crippen MR) is 114 cm³/mol. The quantitative estimate of drug-likeness (QED) is 0.595. The van der Waals surface area contributed by atoms with Gasteiger partial charge in [0.25, 0.3) is 0 Å². The van der Waals surface area contributed by atoms with E-state index in [9.17, 15) is 9.59 Å².